The summed E-state index contributed by atoms with van der Waals surface area (Å²) in [6, 6.07) is 6.26. The van der Waals surface area contributed by atoms with Crippen molar-refractivity contribution in [2.45, 2.75) is 20.8 Å². The number of hydrogen-bond donors (Lipinski definition) is 1. The molecular weight excluding hydrogens is 290 g/mol. The molecule has 2 rings (SSSR count). The molecule has 1 N–H and O–H groups in total. The molecule has 1 aromatic heterocycles. The van der Waals surface area contributed by atoms with E-state index in [0.717, 1.165) is 22.7 Å². The zero-order valence-corrected chi connectivity index (χ0v) is 12.5. The van der Waals surface area contributed by atoms with Crippen LogP contribution < -0.4 is 5.32 Å². The summed E-state index contributed by atoms with van der Waals surface area (Å²) < 4.78 is 3.16. The van der Waals surface area contributed by atoms with Crippen LogP contribution in [0.15, 0.2) is 35.1 Å². The van der Waals surface area contributed by atoms with E-state index in [1.54, 1.807) is 0 Å². The Hall–Kier alpha value is -1.29. The predicted molar refractivity (Wildman–Crippen MR) is 79.3 cm³/mol. The Labute approximate surface area is 116 Å². The minimum Gasteiger partial charge on any atom is -0.355 e. The second-order valence-corrected chi connectivity index (χ2v) is 5.74. The minimum absolute atomic E-state index is 0.596. The maximum Gasteiger partial charge on any atom is 0.207 e. The molecule has 1 aromatic carbocycles. The number of halogens is 1. The first kappa shape index (κ1) is 13.1. The molecule has 0 bridgehead atoms. The highest BCUT2D eigenvalue weighted by molar-refractivity contribution is 9.10. The van der Waals surface area contributed by atoms with Crippen molar-refractivity contribution in [2.75, 3.05) is 11.9 Å². The predicted octanol–water partition coefficient (Wildman–Crippen LogP) is 4.01. The van der Waals surface area contributed by atoms with Crippen LogP contribution in [0.1, 0.15) is 19.4 Å². The Balaban J connectivity index is 2.33. The number of nitrogens with zero attached hydrogens (tertiary/aromatic N) is 2. The monoisotopic (exact) mass is 307 g/mol. The average Bonchev–Trinajstić information content (AvgIpc) is 2.77. The number of imidazole rings is 1. The van der Waals surface area contributed by atoms with Crippen molar-refractivity contribution >= 4 is 21.9 Å². The molecular formula is C14H18BrN3. The number of nitrogens with one attached hydrogen (secondary N) is 1. The van der Waals surface area contributed by atoms with Gasteiger partial charge in [-0.05, 0) is 30.5 Å². The highest BCUT2D eigenvalue weighted by Gasteiger charge is 2.08. The SMILES string of the molecule is Cc1ccc(Br)cc1-n1ccnc1NCC(C)C. The van der Waals surface area contributed by atoms with Gasteiger partial charge >= 0.3 is 0 Å². The molecule has 18 heavy (non-hydrogen) atoms. The standard InChI is InChI=1S/C14H18BrN3/c1-10(2)9-17-14-16-6-7-18(14)13-8-12(15)5-4-11(13)3/h4-8,10H,9H2,1-3H3,(H,16,17). The molecule has 0 saturated heterocycles. The van der Waals surface area contributed by atoms with Gasteiger partial charge in [-0.1, -0.05) is 35.8 Å². The first-order chi connectivity index (χ1) is 8.58. The van der Waals surface area contributed by atoms with Crippen LogP contribution in [0, 0.1) is 12.8 Å². The fourth-order valence-corrected chi connectivity index (χ4v) is 2.12. The molecule has 4 heteroatoms. The van der Waals surface area contributed by atoms with Gasteiger partial charge in [0.2, 0.25) is 5.95 Å². The third-order valence-electron chi connectivity index (χ3n) is 2.74. The Kier molecular flexibility index (Phi) is 4.07. The van der Waals surface area contributed by atoms with Crippen LogP contribution >= 0.6 is 15.9 Å². The molecule has 0 aliphatic rings. The van der Waals surface area contributed by atoms with Crippen molar-refractivity contribution in [2.24, 2.45) is 5.92 Å². The van der Waals surface area contributed by atoms with Crippen molar-refractivity contribution in [3.05, 3.63) is 40.6 Å². The van der Waals surface area contributed by atoms with Gasteiger partial charge in [0.25, 0.3) is 0 Å². The molecule has 0 amide bonds. The van der Waals surface area contributed by atoms with E-state index in [1.165, 1.54) is 5.56 Å². The zero-order chi connectivity index (χ0) is 13.1. The lowest BCUT2D eigenvalue weighted by atomic mass is 10.2. The molecule has 0 aliphatic heterocycles. The Bertz CT molecular complexity index is 532. The lowest BCUT2D eigenvalue weighted by Gasteiger charge is -2.13. The number of hydrogen-bond acceptors (Lipinski definition) is 2. The average molecular weight is 308 g/mol. The lowest BCUT2D eigenvalue weighted by Crippen LogP contribution is -2.12. The van der Waals surface area contributed by atoms with Gasteiger partial charge in [-0.25, -0.2) is 4.98 Å². The van der Waals surface area contributed by atoms with Gasteiger partial charge in [-0.2, -0.15) is 0 Å². The maximum atomic E-state index is 4.37. The van der Waals surface area contributed by atoms with Gasteiger partial charge in [0.05, 0.1) is 5.69 Å². The molecule has 96 valence electrons. The number of aromatic nitrogens is 2. The van der Waals surface area contributed by atoms with Crippen molar-refractivity contribution in [3.63, 3.8) is 0 Å². The van der Waals surface area contributed by atoms with Crippen molar-refractivity contribution in [1.29, 1.82) is 0 Å². The summed E-state index contributed by atoms with van der Waals surface area (Å²) >= 11 is 3.51. The van der Waals surface area contributed by atoms with E-state index >= 15 is 0 Å². The fraction of sp³-hybridized carbons (Fsp3) is 0.357. The summed E-state index contributed by atoms with van der Waals surface area (Å²) in [6.45, 7) is 7.40. The van der Waals surface area contributed by atoms with E-state index in [9.17, 15) is 0 Å². The second kappa shape index (κ2) is 5.57. The van der Waals surface area contributed by atoms with Gasteiger partial charge < -0.3 is 5.32 Å². The van der Waals surface area contributed by atoms with Crippen molar-refractivity contribution < 1.29 is 0 Å². The van der Waals surface area contributed by atoms with Crippen LogP contribution in [0.5, 0.6) is 0 Å². The van der Waals surface area contributed by atoms with E-state index in [4.69, 9.17) is 0 Å². The summed E-state index contributed by atoms with van der Waals surface area (Å²) in [4.78, 5) is 4.37. The number of benzene rings is 1. The minimum atomic E-state index is 0.596. The number of anilines is 1. The molecule has 0 saturated carbocycles. The third kappa shape index (κ3) is 2.93. The first-order valence-corrected chi connectivity index (χ1v) is 6.91. The normalized spacial score (nSPS) is 10.9. The number of rotatable bonds is 4. The molecule has 0 fully saturated rings. The maximum absolute atomic E-state index is 4.37. The van der Waals surface area contributed by atoms with Crippen molar-refractivity contribution in [1.82, 2.24) is 9.55 Å². The summed E-state index contributed by atoms with van der Waals surface area (Å²) in [5.41, 5.74) is 2.37. The van der Waals surface area contributed by atoms with Crippen LogP contribution in [0.3, 0.4) is 0 Å². The molecule has 0 unspecified atom stereocenters. The Morgan fingerprint density at radius 2 is 2.17 bits per heavy atom. The summed E-state index contributed by atoms with van der Waals surface area (Å²) in [6.07, 6.45) is 3.81. The van der Waals surface area contributed by atoms with Crippen LogP contribution in [-0.4, -0.2) is 16.1 Å². The van der Waals surface area contributed by atoms with Crippen LogP contribution in [0.4, 0.5) is 5.95 Å². The van der Waals surface area contributed by atoms with Crippen LogP contribution in [0.2, 0.25) is 0 Å². The molecule has 3 nitrogen and oxygen atoms in total. The van der Waals surface area contributed by atoms with E-state index in [1.807, 2.05) is 12.4 Å². The zero-order valence-electron chi connectivity index (χ0n) is 10.9. The molecule has 0 radical (unpaired) electrons. The summed E-state index contributed by atoms with van der Waals surface area (Å²) in [5, 5.41) is 3.37. The van der Waals surface area contributed by atoms with Crippen LogP contribution in [0.25, 0.3) is 5.69 Å². The van der Waals surface area contributed by atoms with Gasteiger partial charge in [0, 0.05) is 23.4 Å². The lowest BCUT2D eigenvalue weighted by molar-refractivity contribution is 0.683. The van der Waals surface area contributed by atoms with Gasteiger partial charge in [-0.3, -0.25) is 4.57 Å². The molecule has 0 spiro atoms. The van der Waals surface area contributed by atoms with Crippen LogP contribution in [-0.2, 0) is 0 Å². The summed E-state index contributed by atoms with van der Waals surface area (Å²) in [7, 11) is 0. The van der Waals surface area contributed by atoms with Gasteiger partial charge in [0.15, 0.2) is 0 Å². The molecule has 2 aromatic rings. The number of aryl methyl sites for hydroxylation is 1. The van der Waals surface area contributed by atoms with Gasteiger partial charge in [0.1, 0.15) is 0 Å². The fourth-order valence-electron chi connectivity index (χ4n) is 1.77. The van der Waals surface area contributed by atoms with E-state index in [-0.39, 0.29) is 0 Å². The first-order valence-electron chi connectivity index (χ1n) is 6.11. The second-order valence-electron chi connectivity index (χ2n) is 4.83. The molecule has 1 heterocycles. The van der Waals surface area contributed by atoms with E-state index in [0.29, 0.717) is 5.92 Å². The largest absolute Gasteiger partial charge is 0.355 e. The quantitative estimate of drug-likeness (QED) is 0.925. The molecule has 0 atom stereocenters. The van der Waals surface area contributed by atoms with Gasteiger partial charge in [-0.15, -0.1) is 0 Å². The molecule has 0 aliphatic carbocycles. The Morgan fingerprint density at radius 3 is 2.89 bits per heavy atom. The highest BCUT2D eigenvalue weighted by Crippen LogP contribution is 2.22. The summed E-state index contributed by atoms with van der Waals surface area (Å²) in [5.74, 6) is 1.49. The Morgan fingerprint density at radius 1 is 1.39 bits per heavy atom. The topological polar surface area (TPSA) is 29.9 Å². The highest BCUT2D eigenvalue weighted by atomic mass is 79.9. The smallest absolute Gasteiger partial charge is 0.207 e. The van der Waals surface area contributed by atoms with E-state index in [2.05, 4.69) is 69.8 Å². The van der Waals surface area contributed by atoms with E-state index < -0.39 is 0 Å². The third-order valence-corrected chi connectivity index (χ3v) is 3.23. The van der Waals surface area contributed by atoms with Crippen molar-refractivity contribution in [3.8, 4) is 5.69 Å².